The Morgan fingerprint density at radius 2 is 1.97 bits per heavy atom. The van der Waals surface area contributed by atoms with Crippen molar-refractivity contribution in [1.82, 2.24) is 4.57 Å². The van der Waals surface area contributed by atoms with E-state index in [0.29, 0.717) is 26.0 Å². The maximum absolute atomic E-state index is 13.9. The number of phenols is 1. The van der Waals surface area contributed by atoms with Crippen molar-refractivity contribution in [3.63, 3.8) is 0 Å². The van der Waals surface area contributed by atoms with Crippen molar-refractivity contribution in [2.24, 2.45) is 4.99 Å². The average Bonchev–Trinajstić information content (AvgIpc) is 3.21. The fourth-order valence-corrected chi connectivity index (χ4v) is 6.90. The van der Waals surface area contributed by atoms with Crippen molar-refractivity contribution in [3.05, 3.63) is 118 Å². The maximum atomic E-state index is 13.9. The summed E-state index contributed by atoms with van der Waals surface area (Å²) in [6, 6.07) is 19.4. The Balaban J connectivity index is 1.60. The number of aryl methyl sites for hydroxylation is 1. The van der Waals surface area contributed by atoms with E-state index in [4.69, 9.17) is 21.3 Å². The Bertz CT molecular complexity index is 1760. The number of thiazole rings is 1. The first-order valence-corrected chi connectivity index (χ1v) is 14.0. The van der Waals surface area contributed by atoms with Crippen LogP contribution in [0.3, 0.4) is 0 Å². The summed E-state index contributed by atoms with van der Waals surface area (Å²) in [5.74, 6) is 0.732. The molecule has 2 aliphatic rings. The van der Waals surface area contributed by atoms with E-state index in [9.17, 15) is 9.90 Å². The highest BCUT2D eigenvalue weighted by molar-refractivity contribution is 9.10. The number of fused-ring (bicyclic) bond motifs is 3. The van der Waals surface area contributed by atoms with E-state index in [2.05, 4.69) is 34.1 Å². The van der Waals surface area contributed by atoms with Crippen molar-refractivity contribution in [2.75, 3.05) is 6.61 Å². The number of benzene rings is 3. The number of ether oxygens (including phenoxy) is 1. The zero-order valence-electron chi connectivity index (χ0n) is 19.9. The summed E-state index contributed by atoms with van der Waals surface area (Å²) in [7, 11) is 0. The first kappa shape index (κ1) is 24.2. The van der Waals surface area contributed by atoms with E-state index < -0.39 is 0 Å². The van der Waals surface area contributed by atoms with Gasteiger partial charge in [-0.05, 0) is 66.8 Å². The third-order valence-corrected chi connectivity index (χ3v) is 8.45. The number of aromatic nitrogens is 1. The Morgan fingerprint density at radius 1 is 1.19 bits per heavy atom. The molecule has 0 fully saturated rings. The highest BCUT2D eigenvalue weighted by atomic mass is 79.9. The van der Waals surface area contributed by atoms with E-state index in [1.165, 1.54) is 16.9 Å². The molecule has 6 rings (SSSR count). The molecule has 1 N–H and O–H groups in total. The van der Waals surface area contributed by atoms with Gasteiger partial charge in [0.2, 0.25) is 0 Å². The molecule has 186 valence electrons. The predicted octanol–water partition coefficient (Wildman–Crippen LogP) is 5.84. The standard InChI is InChI=1S/C29H22BrClN2O3S/c1-2-36-20-10-7-17(8-11-20)26-22-12-9-16-5-3-4-6-21(16)25(22)32-29-33(26)28(35)24(37-29)14-18-13-19(30)15-23(31)27(18)34/h3-8,10-11,13-15,26,34H,2,9,12H2,1H3. The van der Waals surface area contributed by atoms with Gasteiger partial charge < -0.3 is 9.84 Å². The molecule has 3 aromatic carbocycles. The van der Waals surface area contributed by atoms with Gasteiger partial charge in [0.15, 0.2) is 4.80 Å². The van der Waals surface area contributed by atoms with Gasteiger partial charge in [0, 0.05) is 15.6 Å². The quantitative estimate of drug-likeness (QED) is 0.324. The summed E-state index contributed by atoms with van der Waals surface area (Å²) in [6.45, 7) is 2.55. The third kappa shape index (κ3) is 4.25. The number of hydrogen-bond acceptors (Lipinski definition) is 5. The lowest BCUT2D eigenvalue weighted by Gasteiger charge is -2.30. The second-order valence-electron chi connectivity index (χ2n) is 8.94. The minimum Gasteiger partial charge on any atom is -0.506 e. The molecule has 2 heterocycles. The van der Waals surface area contributed by atoms with Gasteiger partial charge in [-0.3, -0.25) is 9.36 Å². The largest absolute Gasteiger partial charge is 0.506 e. The molecule has 1 aliphatic heterocycles. The summed E-state index contributed by atoms with van der Waals surface area (Å²) >= 11 is 10.9. The van der Waals surface area contributed by atoms with E-state index in [0.717, 1.165) is 41.0 Å². The molecule has 1 aliphatic carbocycles. The number of nitrogens with zero attached hydrogens (tertiary/aromatic N) is 2. The highest BCUT2D eigenvalue weighted by Crippen LogP contribution is 2.41. The molecule has 4 aromatic rings. The Kier molecular flexibility index (Phi) is 6.31. The van der Waals surface area contributed by atoms with Crippen LogP contribution in [0.2, 0.25) is 5.02 Å². The fourth-order valence-electron chi connectivity index (χ4n) is 5.07. The average molecular weight is 594 g/mol. The van der Waals surface area contributed by atoms with Crippen molar-refractivity contribution >= 4 is 50.6 Å². The molecule has 0 radical (unpaired) electrons. The topological polar surface area (TPSA) is 63.8 Å². The molecule has 1 atom stereocenters. The number of aromatic hydroxyl groups is 1. The lowest BCUT2D eigenvalue weighted by molar-refractivity contribution is 0.340. The SMILES string of the molecule is CCOc1ccc(C2C3=C(N=c4sc(=Cc5cc(Br)cc(Cl)c5O)c(=O)n42)c2ccccc2CC3)cc1. The minimum atomic E-state index is -0.280. The van der Waals surface area contributed by atoms with Crippen LogP contribution < -0.4 is 19.6 Å². The number of rotatable bonds is 4. The van der Waals surface area contributed by atoms with Crippen molar-refractivity contribution in [2.45, 2.75) is 25.8 Å². The Hall–Kier alpha value is -3.13. The van der Waals surface area contributed by atoms with Gasteiger partial charge >= 0.3 is 0 Å². The molecule has 0 saturated heterocycles. The van der Waals surface area contributed by atoms with Crippen molar-refractivity contribution in [1.29, 1.82) is 0 Å². The fraction of sp³-hybridized carbons (Fsp3) is 0.172. The molecular weight excluding hydrogens is 572 g/mol. The summed E-state index contributed by atoms with van der Waals surface area (Å²) in [4.78, 5) is 19.5. The summed E-state index contributed by atoms with van der Waals surface area (Å²) in [5.41, 5.74) is 5.79. The van der Waals surface area contributed by atoms with Crippen LogP contribution in [-0.4, -0.2) is 16.3 Å². The van der Waals surface area contributed by atoms with Gasteiger partial charge in [0.25, 0.3) is 5.56 Å². The van der Waals surface area contributed by atoms with Gasteiger partial charge in [-0.25, -0.2) is 4.99 Å². The second-order valence-corrected chi connectivity index (χ2v) is 11.3. The number of hydrogen-bond donors (Lipinski definition) is 1. The predicted molar refractivity (Wildman–Crippen MR) is 151 cm³/mol. The van der Waals surface area contributed by atoms with Crippen LogP contribution in [0.15, 0.2) is 80.5 Å². The Morgan fingerprint density at radius 3 is 2.76 bits per heavy atom. The molecule has 0 amide bonds. The molecule has 0 bridgehead atoms. The number of phenolic OH excluding ortho intramolecular Hbond substituents is 1. The summed E-state index contributed by atoms with van der Waals surface area (Å²) < 4.78 is 8.64. The van der Waals surface area contributed by atoms with Crippen molar-refractivity contribution in [3.8, 4) is 11.5 Å². The van der Waals surface area contributed by atoms with Crippen LogP contribution in [-0.2, 0) is 6.42 Å². The molecule has 37 heavy (non-hydrogen) atoms. The first-order valence-electron chi connectivity index (χ1n) is 12.0. The smallest absolute Gasteiger partial charge is 0.271 e. The monoisotopic (exact) mass is 592 g/mol. The summed E-state index contributed by atoms with van der Waals surface area (Å²) in [5, 5.41) is 10.7. The van der Waals surface area contributed by atoms with Crippen LogP contribution in [0.25, 0.3) is 11.8 Å². The van der Waals surface area contributed by atoms with Crippen LogP contribution in [0.5, 0.6) is 11.5 Å². The third-order valence-electron chi connectivity index (χ3n) is 6.72. The molecule has 1 unspecified atom stereocenters. The normalized spacial score (nSPS) is 16.6. The number of allylic oxidation sites excluding steroid dienone is 1. The zero-order valence-corrected chi connectivity index (χ0v) is 23.0. The molecule has 0 saturated carbocycles. The Labute approximate surface area is 230 Å². The molecule has 0 spiro atoms. The van der Waals surface area contributed by atoms with Gasteiger partial charge in [0.05, 0.1) is 27.9 Å². The first-order chi connectivity index (χ1) is 17.9. The van der Waals surface area contributed by atoms with Crippen LogP contribution in [0.1, 0.15) is 41.6 Å². The minimum absolute atomic E-state index is 0.0630. The van der Waals surface area contributed by atoms with Crippen molar-refractivity contribution < 1.29 is 9.84 Å². The van der Waals surface area contributed by atoms with Crippen LogP contribution in [0.4, 0.5) is 0 Å². The lowest BCUT2D eigenvalue weighted by Crippen LogP contribution is -2.38. The van der Waals surface area contributed by atoms with E-state index in [1.54, 1.807) is 22.8 Å². The summed E-state index contributed by atoms with van der Waals surface area (Å²) in [6.07, 6.45) is 3.40. The van der Waals surface area contributed by atoms with E-state index >= 15 is 0 Å². The number of halogens is 2. The van der Waals surface area contributed by atoms with Crippen LogP contribution in [0, 0.1) is 0 Å². The van der Waals surface area contributed by atoms with Gasteiger partial charge in [-0.15, -0.1) is 0 Å². The van der Waals surface area contributed by atoms with Gasteiger partial charge in [0.1, 0.15) is 11.5 Å². The molecule has 8 heteroatoms. The van der Waals surface area contributed by atoms with E-state index in [1.807, 2.05) is 37.3 Å². The molecule has 1 aromatic heterocycles. The van der Waals surface area contributed by atoms with Gasteiger partial charge in [-0.2, -0.15) is 0 Å². The zero-order chi connectivity index (χ0) is 25.7. The molecule has 5 nitrogen and oxygen atoms in total. The van der Waals surface area contributed by atoms with E-state index in [-0.39, 0.29) is 22.4 Å². The molecular formula is C29H22BrClN2O3S. The highest BCUT2D eigenvalue weighted by Gasteiger charge is 2.32. The van der Waals surface area contributed by atoms with Gasteiger partial charge in [-0.1, -0.05) is 75.3 Å². The lowest BCUT2D eigenvalue weighted by atomic mass is 9.83. The second kappa shape index (κ2) is 9.63. The maximum Gasteiger partial charge on any atom is 0.271 e. The van der Waals surface area contributed by atoms with Crippen LogP contribution >= 0.6 is 38.9 Å².